The lowest BCUT2D eigenvalue weighted by molar-refractivity contribution is 0.0775. The Morgan fingerprint density at radius 2 is 1.25 bits per heavy atom. The van der Waals surface area contributed by atoms with Crippen LogP contribution in [0, 0.1) is 0 Å². The number of nitrogens with zero attached hydrogens (tertiary/aromatic N) is 3. The highest BCUT2D eigenvalue weighted by Crippen LogP contribution is 2.20. The Kier molecular flexibility index (Phi) is 6.98. The van der Waals surface area contributed by atoms with E-state index >= 15 is 0 Å². The first-order valence-electron chi connectivity index (χ1n) is 7.37. The van der Waals surface area contributed by atoms with E-state index in [1.54, 1.807) is 66.3 Å². The summed E-state index contributed by atoms with van der Waals surface area (Å²) in [5.74, 6) is 2.59. The maximum Gasteiger partial charge on any atom is 0.254 e. The Balaban J connectivity index is 3.97. The Labute approximate surface area is 144 Å². The second kappa shape index (κ2) is 8.50. The molecular formula is C17H24N3O3P. The molecule has 130 valence electrons. The molecule has 7 heteroatoms. The van der Waals surface area contributed by atoms with Gasteiger partial charge in [-0.15, -0.1) is 8.19 Å². The number of rotatable bonds is 3. The number of hydrogen-bond acceptors (Lipinski definition) is 3. The lowest BCUT2D eigenvalue weighted by atomic mass is 10.0. The Hall–Kier alpha value is -2.33. The molecule has 0 aromatic carbocycles. The van der Waals surface area contributed by atoms with E-state index in [0.717, 1.165) is 0 Å². The maximum atomic E-state index is 12.8. The van der Waals surface area contributed by atoms with Gasteiger partial charge in [-0.25, -0.2) is 0 Å². The molecule has 0 fully saturated rings. The average molecular weight is 349 g/mol. The van der Waals surface area contributed by atoms with Crippen LogP contribution < -0.4 is 0 Å². The van der Waals surface area contributed by atoms with Gasteiger partial charge in [0.2, 0.25) is 0 Å². The standard InChI is InChI=1S/C17H24N3O3P/c1-18(2)15(21)12-9-7-8-10-24-11-13(16(22)19(3)4)14(12)17(23)20(5)6/h7-11,24H,1-6H3. The summed E-state index contributed by atoms with van der Waals surface area (Å²) in [6.07, 6.45) is 0. The van der Waals surface area contributed by atoms with Gasteiger partial charge in [-0.2, -0.15) is 0 Å². The molecule has 0 spiro atoms. The molecule has 1 aromatic heterocycles. The lowest BCUT2D eigenvalue weighted by Crippen LogP contribution is -2.31. The third-order valence-corrected chi connectivity index (χ3v) is 4.07. The fourth-order valence-electron chi connectivity index (χ4n) is 1.98. The van der Waals surface area contributed by atoms with Crippen molar-refractivity contribution in [3.63, 3.8) is 0 Å². The van der Waals surface area contributed by atoms with Crippen molar-refractivity contribution in [2.75, 3.05) is 42.3 Å². The molecule has 0 radical (unpaired) electrons. The van der Waals surface area contributed by atoms with E-state index in [1.165, 1.54) is 14.7 Å². The predicted molar refractivity (Wildman–Crippen MR) is 97.6 cm³/mol. The summed E-state index contributed by atoms with van der Waals surface area (Å²) in [5, 5.41) is 0. The molecule has 0 aliphatic carbocycles. The van der Waals surface area contributed by atoms with Gasteiger partial charge in [0.1, 0.15) is 0 Å². The molecule has 24 heavy (non-hydrogen) atoms. The van der Waals surface area contributed by atoms with Gasteiger partial charge >= 0.3 is 0 Å². The van der Waals surface area contributed by atoms with Crippen LogP contribution in [0.1, 0.15) is 31.1 Å². The van der Waals surface area contributed by atoms with Gasteiger partial charge in [0.25, 0.3) is 17.7 Å². The summed E-state index contributed by atoms with van der Waals surface area (Å²) >= 11 is 0. The molecule has 0 bridgehead atoms. The van der Waals surface area contributed by atoms with Crippen LogP contribution >= 0.6 is 8.19 Å². The van der Waals surface area contributed by atoms with Crippen LogP contribution in [0.2, 0.25) is 0 Å². The topological polar surface area (TPSA) is 60.9 Å². The minimum absolute atomic E-state index is 0.129. The molecule has 0 saturated carbocycles. The molecule has 3 amide bonds. The Morgan fingerprint density at radius 3 is 1.75 bits per heavy atom. The van der Waals surface area contributed by atoms with Crippen LogP contribution in [0.3, 0.4) is 0 Å². The Morgan fingerprint density at radius 1 is 0.750 bits per heavy atom. The van der Waals surface area contributed by atoms with E-state index in [4.69, 9.17) is 0 Å². The third-order valence-electron chi connectivity index (χ3n) is 3.23. The molecule has 6 nitrogen and oxygen atoms in total. The van der Waals surface area contributed by atoms with Crippen molar-refractivity contribution in [1.29, 1.82) is 0 Å². The van der Waals surface area contributed by atoms with Crippen LogP contribution in [0.5, 0.6) is 0 Å². The highest BCUT2D eigenvalue weighted by atomic mass is 31.0. The highest BCUT2D eigenvalue weighted by Gasteiger charge is 2.25. The summed E-state index contributed by atoms with van der Waals surface area (Å²) in [4.78, 5) is 42.2. The quantitative estimate of drug-likeness (QED) is 0.838. The van der Waals surface area contributed by atoms with Crippen molar-refractivity contribution >= 4 is 25.9 Å². The molecular weight excluding hydrogens is 325 g/mol. The molecule has 0 aliphatic heterocycles. The largest absolute Gasteiger partial charge is 0.345 e. The average Bonchev–Trinajstić information content (AvgIpc) is 2.62. The minimum Gasteiger partial charge on any atom is -0.345 e. The van der Waals surface area contributed by atoms with Gasteiger partial charge in [0, 0.05) is 42.3 Å². The van der Waals surface area contributed by atoms with Gasteiger partial charge in [-0.05, 0) is 17.7 Å². The second-order valence-electron chi connectivity index (χ2n) is 5.83. The van der Waals surface area contributed by atoms with Gasteiger partial charge < -0.3 is 14.7 Å². The summed E-state index contributed by atoms with van der Waals surface area (Å²) < 4.78 is 0. The normalized spacial score (nSPS) is 10.1. The molecule has 0 N–H and O–H groups in total. The summed E-state index contributed by atoms with van der Waals surface area (Å²) in [6, 6.07) is 5.10. The number of carbonyl (C=O) groups is 3. The van der Waals surface area contributed by atoms with E-state index in [-0.39, 0.29) is 42.6 Å². The first kappa shape index (κ1) is 19.7. The fraction of sp³-hybridized carbons (Fsp3) is 0.353. The molecule has 0 saturated heterocycles. The molecule has 1 rings (SSSR count). The van der Waals surface area contributed by atoms with E-state index < -0.39 is 0 Å². The third kappa shape index (κ3) is 4.59. The number of hydrogen-bond donors (Lipinski definition) is 0. The van der Waals surface area contributed by atoms with Crippen molar-refractivity contribution in [3.8, 4) is 0 Å². The van der Waals surface area contributed by atoms with Crippen molar-refractivity contribution < 1.29 is 14.4 Å². The maximum absolute atomic E-state index is 12.8. The van der Waals surface area contributed by atoms with Gasteiger partial charge in [-0.1, -0.05) is 12.1 Å². The zero-order chi connectivity index (χ0) is 18.4. The summed E-state index contributed by atoms with van der Waals surface area (Å²) in [7, 11) is 9.90. The second-order valence-corrected chi connectivity index (χ2v) is 6.79. The molecule has 1 heterocycles. The predicted octanol–water partition coefficient (Wildman–Crippen LogP) is 1.95. The van der Waals surface area contributed by atoms with Gasteiger partial charge in [0.15, 0.2) is 0 Å². The SMILES string of the molecule is CN(C)C(=O)c1cccc[pH]cc(C(=O)N(C)C)c1C(=O)N(C)C. The Bertz CT molecular complexity index is 644. The van der Waals surface area contributed by atoms with Gasteiger partial charge in [-0.3, -0.25) is 14.4 Å². The van der Waals surface area contributed by atoms with Crippen LogP contribution in [-0.4, -0.2) is 74.7 Å². The molecule has 0 aliphatic rings. The number of amides is 3. The molecule has 1 atom stereocenters. The van der Waals surface area contributed by atoms with E-state index in [1.807, 2.05) is 5.80 Å². The fourth-order valence-corrected chi connectivity index (χ4v) is 2.73. The summed E-state index contributed by atoms with van der Waals surface area (Å²) in [5.41, 5.74) is 0.583. The zero-order valence-electron chi connectivity index (χ0n) is 15.0. The van der Waals surface area contributed by atoms with Crippen LogP contribution in [-0.2, 0) is 0 Å². The van der Waals surface area contributed by atoms with E-state index in [2.05, 4.69) is 0 Å². The highest BCUT2D eigenvalue weighted by molar-refractivity contribution is 7.28. The zero-order valence-corrected chi connectivity index (χ0v) is 16.0. The van der Waals surface area contributed by atoms with Gasteiger partial charge in [0.05, 0.1) is 16.7 Å². The van der Waals surface area contributed by atoms with Crippen molar-refractivity contribution in [2.45, 2.75) is 0 Å². The van der Waals surface area contributed by atoms with Crippen LogP contribution in [0.4, 0.5) is 0 Å². The summed E-state index contributed by atoms with van der Waals surface area (Å²) in [6.45, 7) is 0. The van der Waals surface area contributed by atoms with Crippen LogP contribution in [0.25, 0.3) is 0 Å². The van der Waals surface area contributed by atoms with E-state index in [0.29, 0.717) is 0 Å². The van der Waals surface area contributed by atoms with Crippen molar-refractivity contribution in [2.24, 2.45) is 0 Å². The minimum atomic E-state index is -0.377. The van der Waals surface area contributed by atoms with Crippen molar-refractivity contribution in [3.05, 3.63) is 46.5 Å². The smallest absolute Gasteiger partial charge is 0.254 e. The monoisotopic (exact) mass is 349 g/mol. The molecule has 1 unspecified atom stereocenters. The first-order chi connectivity index (χ1) is 11.2. The van der Waals surface area contributed by atoms with Crippen molar-refractivity contribution in [1.82, 2.24) is 14.7 Å². The first-order valence-corrected chi connectivity index (χ1v) is 8.53. The van der Waals surface area contributed by atoms with E-state index in [9.17, 15) is 14.4 Å². The lowest BCUT2D eigenvalue weighted by Gasteiger charge is -2.19. The number of carbonyl (C=O) groups excluding carboxylic acids is 3. The van der Waals surface area contributed by atoms with Crippen LogP contribution in [0.15, 0.2) is 29.8 Å². The molecule has 1 aromatic rings.